The largest absolute Gasteiger partial charge is 0.756 e. The smallest absolute Gasteiger partial charge is 0.306 e. The molecule has 0 rings (SSSR count). The number of hydrogen-bond donors (Lipinski definition) is 0. The molecular weight excluding hydrogens is 798 g/mol. The maximum absolute atomic E-state index is 12.7. The molecular formula is C52H88NO8P. The minimum Gasteiger partial charge on any atom is -0.756 e. The Kier molecular flexibility index (Phi) is 41.1. The highest BCUT2D eigenvalue weighted by atomic mass is 31.2. The summed E-state index contributed by atoms with van der Waals surface area (Å²) in [4.78, 5) is 37.5. The number of quaternary nitrogens is 1. The molecule has 0 aliphatic heterocycles. The average Bonchev–Trinajstić information content (AvgIpc) is 3.23. The monoisotopic (exact) mass is 886 g/mol. The number of likely N-dealkylation sites (N-methyl/N-ethyl adjacent to an activating group) is 1. The van der Waals surface area contributed by atoms with Gasteiger partial charge >= 0.3 is 11.9 Å². The van der Waals surface area contributed by atoms with Gasteiger partial charge in [0.15, 0.2) is 6.10 Å². The molecule has 0 spiro atoms. The van der Waals surface area contributed by atoms with Gasteiger partial charge in [-0.2, -0.15) is 0 Å². The highest BCUT2D eigenvalue weighted by molar-refractivity contribution is 7.45. The highest BCUT2D eigenvalue weighted by Gasteiger charge is 2.21. The number of carbonyl (C=O) groups is 2. The van der Waals surface area contributed by atoms with E-state index in [0.717, 1.165) is 96.3 Å². The zero-order valence-electron chi connectivity index (χ0n) is 39.8. The van der Waals surface area contributed by atoms with E-state index in [1.807, 2.05) is 21.1 Å². The van der Waals surface area contributed by atoms with Crippen LogP contribution in [0.1, 0.15) is 168 Å². The van der Waals surface area contributed by atoms with E-state index in [2.05, 4.69) is 111 Å². The van der Waals surface area contributed by atoms with Gasteiger partial charge in [0.05, 0.1) is 27.7 Å². The summed E-state index contributed by atoms with van der Waals surface area (Å²) < 4.78 is 33.8. The van der Waals surface area contributed by atoms with E-state index in [1.54, 1.807) is 0 Å². The predicted molar refractivity (Wildman–Crippen MR) is 259 cm³/mol. The molecule has 2 atom stereocenters. The van der Waals surface area contributed by atoms with E-state index >= 15 is 0 Å². The second kappa shape index (κ2) is 43.2. The summed E-state index contributed by atoms with van der Waals surface area (Å²) in [7, 11) is 1.13. The van der Waals surface area contributed by atoms with Gasteiger partial charge in [0.25, 0.3) is 7.82 Å². The Hall–Kier alpha value is -3.07. The van der Waals surface area contributed by atoms with Crippen molar-refractivity contribution in [2.75, 3.05) is 47.5 Å². The van der Waals surface area contributed by atoms with Gasteiger partial charge in [-0.25, -0.2) is 0 Å². The predicted octanol–water partition coefficient (Wildman–Crippen LogP) is 13.5. The number of unbranched alkanes of at least 4 members (excludes halogenated alkanes) is 12. The number of ether oxygens (including phenoxy) is 2. The molecule has 2 unspecified atom stereocenters. The molecule has 0 amide bonds. The Balaban J connectivity index is 4.28. The molecule has 10 heteroatoms. The van der Waals surface area contributed by atoms with Crippen LogP contribution in [0.3, 0.4) is 0 Å². The molecule has 0 aromatic rings. The second-order valence-corrected chi connectivity index (χ2v) is 18.2. The first-order valence-corrected chi connectivity index (χ1v) is 25.4. The van der Waals surface area contributed by atoms with Crippen LogP contribution in [0.25, 0.3) is 0 Å². The van der Waals surface area contributed by atoms with Gasteiger partial charge in [0.2, 0.25) is 0 Å². The summed E-state index contributed by atoms with van der Waals surface area (Å²) in [6.07, 6.45) is 57.4. The van der Waals surface area contributed by atoms with Crippen LogP contribution >= 0.6 is 7.82 Å². The first-order chi connectivity index (χ1) is 30.0. The molecule has 0 saturated heterocycles. The van der Waals surface area contributed by atoms with Crippen molar-refractivity contribution in [3.05, 3.63) is 97.2 Å². The molecule has 0 aromatic heterocycles. The number of phosphoric ester groups is 1. The van der Waals surface area contributed by atoms with Crippen LogP contribution in [0.2, 0.25) is 0 Å². The van der Waals surface area contributed by atoms with Crippen molar-refractivity contribution < 1.29 is 42.1 Å². The molecule has 354 valence electrons. The van der Waals surface area contributed by atoms with E-state index < -0.39 is 32.5 Å². The molecule has 0 aliphatic rings. The lowest BCUT2D eigenvalue weighted by molar-refractivity contribution is -0.870. The topological polar surface area (TPSA) is 111 Å². The van der Waals surface area contributed by atoms with E-state index in [9.17, 15) is 19.0 Å². The Labute approximate surface area is 379 Å². The highest BCUT2D eigenvalue weighted by Crippen LogP contribution is 2.38. The van der Waals surface area contributed by atoms with Gasteiger partial charge in [-0.15, -0.1) is 0 Å². The number of carbonyl (C=O) groups excluding carboxylic acids is 2. The van der Waals surface area contributed by atoms with E-state index in [-0.39, 0.29) is 26.1 Å². The standard InChI is InChI=1S/C52H88NO8P/c1-6-8-10-12-14-16-17-18-19-20-21-22-23-24-25-26-27-28-29-30-31-32-33-34-35-37-39-41-43-45-52(55)61-50(49-60-62(56,57)59-47-46-53(3,4)5)48-58-51(54)44-42-40-38-36-15-13-11-9-7-2/h8,10,14,16,18-19,21-22,24-25,27-28,30-31,33-34,50H,6-7,9,11-13,15,17,20,23,26,29,32,35-49H2,1-5H3/b10-8-,16-14-,19-18-,22-21-,25-24-,28-27-,31-30-,34-33-. The summed E-state index contributed by atoms with van der Waals surface area (Å²) in [6.45, 7) is 4.03. The van der Waals surface area contributed by atoms with Crippen LogP contribution in [0, 0.1) is 0 Å². The normalized spacial score (nSPS) is 14.4. The lowest BCUT2D eigenvalue weighted by Gasteiger charge is -2.28. The van der Waals surface area contributed by atoms with Crippen molar-refractivity contribution in [2.45, 2.75) is 174 Å². The first kappa shape index (κ1) is 58.9. The third-order valence-corrected chi connectivity index (χ3v) is 10.6. The summed E-state index contributed by atoms with van der Waals surface area (Å²) >= 11 is 0. The summed E-state index contributed by atoms with van der Waals surface area (Å²) in [6, 6.07) is 0. The maximum Gasteiger partial charge on any atom is 0.306 e. The lowest BCUT2D eigenvalue weighted by atomic mass is 10.1. The number of nitrogens with zero attached hydrogens (tertiary/aromatic N) is 1. The Morgan fingerprint density at radius 1 is 0.516 bits per heavy atom. The average molecular weight is 886 g/mol. The van der Waals surface area contributed by atoms with Crippen molar-refractivity contribution in [1.82, 2.24) is 0 Å². The van der Waals surface area contributed by atoms with Gasteiger partial charge in [0, 0.05) is 12.8 Å². The molecule has 0 bridgehead atoms. The van der Waals surface area contributed by atoms with Crippen molar-refractivity contribution in [3.8, 4) is 0 Å². The third kappa shape index (κ3) is 46.4. The summed E-state index contributed by atoms with van der Waals surface area (Å²) in [5.74, 6) is -0.875. The number of hydrogen-bond acceptors (Lipinski definition) is 8. The fourth-order valence-electron chi connectivity index (χ4n) is 5.90. The summed E-state index contributed by atoms with van der Waals surface area (Å²) in [5, 5.41) is 0. The zero-order valence-corrected chi connectivity index (χ0v) is 40.7. The van der Waals surface area contributed by atoms with Crippen LogP contribution in [-0.2, 0) is 32.7 Å². The van der Waals surface area contributed by atoms with Crippen molar-refractivity contribution in [3.63, 3.8) is 0 Å². The number of phosphoric acid groups is 1. The molecule has 62 heavy (non-hydrogen) atoms. The van der Waals surface area contributed by atoms with Gasteiger partial charge in [-0.1, -0.05) is 175 Å². The molecule has 0 aromatic carbocycles. The van der Waals surface area contributed by atoms with Gasteiger partial charge in [-0.3, -0.25) is 14.2 Å². The van der Waals surface area contributed by atoms with Crippen LogP contribution in [-0.4, -0.2) is 70.0 Å². The zero-order chi connectivity index (χ0) is 45.7. The van der Waals surface area contributed by atoms with Crippen LogP contribution in [0.4, 0.5) is 0 Å². The SMILES string of the molecule is CC/C=C\C/C=C\C/C=C\C/C=C\C/C=C\C/C=C\C/C=C\C/C=C\CCCCCCC(=O)OC(COC(=O)CCCCCCCCCCC)COP(=O)([O-])OCC[N+](C)(C)C. The minimum atomic E-state index is -4.64. The van der Waals surface area contributed by atoms with Crippen molar-refractivity contribution >= 4 is 19.8 Å². The molecule has 0 radical (unpaired) electrons. The molecule has 0 N–H and O–H groups in total. The van der Waals surface area contributed by atoms with Crippen molar-refractivity contribution in [2.24, 2.45) is 0 Å². The fraction of sp³-hybridized carbons (Fsp3) is 0.654. The number of allylic oxidation sites excluding steroid dienone is 16. The molecule has 0 saturated carbocycles. The Morgan fingerprint density at radius 3 is 1.37 bits per heavy atom. The molecule has 0 aliphatic carbocycles. The van der Waals surface area contributed by atoms with Gasteiger partial charge < -0.3 is 27.9 Å². The van der Waals surface area contributed by atoms with E-state index in [1.165, 1.54) is 38.5 Å². The van der Waals surface area contributed by atoms with Gasteiger partial charge in [-0.05, 0) is 77.0 Å². The summed E-state index contributed by atoms with van der Waals surface area (Å²) in [5.41, 5.74) is 0. The Morgan fingerprint density at radius 2 is 0.919 bits per heavy atom. The minimum absolute atomic E-state index is 0.0406. The lowest BCUT2D eigenvalue weighted by Crippen LogP contribution is -2.37. The van der Waals surface area contributed by atoms with Crippen LogP contribution in [0.5, 0.6) is 0 Å². The second-order valence-electron chi connectivity index (χ2n) is 16.7. The van der Waals surface area contributed by atoms with Crippen molar-refractivity contribution in [1.29, 1.82) is 0 Å². The van der Waals surface area contributed by atoms with Crippen LogP contribution in [0.15, 0.2) is 97.2 Å². The molecule has 0 fully saturated rings. The van der Waals surface area contributed by atoms with Gasteiger partial charge in [0.1, 0.15) is 19.8 Å². The Bertz CT molecular complexity index is 1370. The van der Waals surface area contributed by atoms with E-state index in [4.69, 9.17) is 18.5 Å². The third-order valence-electron chi connectivity index (χ3n) is 9.62. The number of rotatable bonds is 42. The van der Waals surface area contributed by atoms with Crippen LogP contribution < -0.4 is 4.89 Å². The maximum atomic E-state index is 12.7. The van der Waals surface area contributed by atoms with E-state index in [0.29, 0.717) is 17.4 Å². The fourth-order valence-corrected chi connectivity index (χ4v) is 6.63. The first-order valence-electron chi connectivity index (χ1n) is 23.9. The number of esters is 2. The quantitative estimate of drug-likeness (QED) is 0.0196. The molecule has 9 nitrogen and oxygen atoms in total. The molecule has 0 heterocycles.